The molecule has 0 N–H and O–H groups in total. The molecular weight excluding hydrogens is 122 g/mol. The summed E-state index contributed by atoms with van der Waals surface area (Å²) in [4.78, 5) is 4.29. The van der Waals surface area contributed by atoms with Gasteiger partial charge in [-0.05, 0) is 26.3 Å². The highest BCUT2D eigenvalue weighted by Gasteiger charge is 1.86. The fourth-order valence-corrected chi connectivity index (χ4v) is 0.560. The second-order valence-electron chi connectivity index (χ2n) is 2.09. The zero-order valence-electron chi connectivity index (χ0n) is 7.02. The van der Waals surface area contributed by atoms with Crippen LogP contribution in [0.1, 0.15) is 27.2 Å². The highest BCUT2D eigenvalue weighted by Crippen LogP contribution is 1.97. The summed E-state index contributed by atoms with van der Waals surface area (Å²) in [7, 11) is 0. The fraction of sp³-hybridized carbons (Fsp3) is 0.444. The van der Waals surface area contributed by atoms with Crippen LogP contribution in [0.5, 0.6) is 0 Å². The predicted octanol–water partition coefficient (Wildman–Crippen LogP) is 2.95. The lowest BCUT2D eigenvalue weighted by molar-refractivity contribution is 1.22. The normalized spacial score (nSPS) is 13.5. The molecule has 0 aromatic heterocycles. The molecule has 0 aliphatic carbocycles. The van der Waals surface area contributed by atoms with Gasteiger partial charge in [-0.1, -0.05) is 19.6 Å². The summed E-state index contributed by atoms with van der Waals surface area (Å²) in [6.07, 6.45) is 4.74. The molecule has 0 aromatic carbocycles. The fourth-order valence-electron chi connectivity index (χ4n) is 0.560. The minimum atomic E-state index is 0.953. The Morgan fingerprint density at radius 3 is 2.50 bits per heavy atom. The van der Waals surface area contributed by atoms with Crippen molar-refractivity contribution in [1.82, 2.24) is 0 Å². The molecule has 0 unspecified atom stereocenters. The molecule has 0 heterocycles. The van der Waals surface area contributed by atoms with Crippen molar-refractivity contribution < 1.29 is 0 Å². The zero-order chi connectivity index (χ0) is 7.98. The van der Waals surface area contributed by atoms with Crippen molar-refractivity contribution in [3.63, 3.8) is 0 Å². The van der Waals surface area contributed by atoms with Crippen LogP contribution < -0.4 is 0 Å². The van der Waals surface area contributed by atoms with Crippen LogP contribution in [0.25, 0.3) is 0 Å². The molecule has 1 nitrogen and oxygen atoms in total. The van der Waals surface area contributed by atoms with E-state index >= 15 is 0 Å². The van der Waals surface area contributed by atoms with Gasteiger partial charge in [0, 0.05) is 11.4 Å². The van der Waals surface area contributed by atoms with E-state index in [-0.39, 0.29) is 0 Å². The largest absolute Gasteiger partial charge is 0.259 e. The summed E-state index contributed by atoms with van der Waals surface area (Å²) in [5.41, 5.74) is 2.10. The van der Waals surface area contributed by atoms with Crippen LogP contribution in [0.4, 0.5) is 0 Å². The summed E-state index contributed by atoms with van der Waals surface area (Å²) >= 11 is 0. The smallest absolute Gasteiger partial charge is 0.0398 e. The average Bonchev–Trinajstić information content (AvgIpc) is 1.99. The van der Waals surface area contributed by atoms with Gasteiger partial charge >= 0.3 is 0 Å². The highest BCUT2D eigenvalue weighted by molar-refractivity contribution is 5.94. The van der Waals surface area contributed by atoms with Gasteiger partial charge in [-0.3, -0.25) is 4.99 Å². The van der Waals surface area contributed by atoms with E-state index in [0.29, 0.717) is 0 Å². The average molecular weight is 137 g/mol. The summed E-state index contributed by atoms with van der Waals surface area (Å²) in [5, 5.41) is 0. The standard InChI is InChI=1S/C9H15N/c1-5-8(4)10-9(6-2)7-3/h5-6H,2,7H2,1,3-4H3/b8-5-,10-9?. The van der Waals surface area contributed by atoms with Gasteiger partial charge in [0.2, 0.25) is 0 Å². The van der Waals surface area contributed by atoms with Crippen molar-refractivity contribution in [3.05, 3.63) is 24.4 Å². The number of nitrogens with zero attached hydrogens (tertiary/aromatic N) is 1. The maximum Gasteiger partial charge on any atom is 0.0398 e. The summed E-state index contributed by atoms with van der Waals surface area (Å²) in [5.74, 6) is 0. The highest BCUT2D eigenvalue weighted by atomic mass is 14.7. The molecule has 0 saturated heterocycles. The molecule has 0 aromatic rings. The monoisotopic (exact) mass is 137 g/mol. The molecule has 1 heteroatoms. The molecule has 10 heavy (non-hydrogen) atoms. The van der Waals surface area contributed by atoms with Crippen LogP contribution in [0, 0.1) is 0 Å². The van der Waals surface area contributed by atoms with Crippen LogP contribution in [0.15, 0.2) is 29.4 Å². The van der Waals surface area contributed by atoms with E-state index < -0.39 is 0 Å². The van der Waals surface area contributed by atoms with E-state index in [1.807, 2.05) is 19.9 Å². The molecule has 56 valence electrons. The van der Waals surface area contributed by atoms with Gasteiger partial charge < -0.3 is 0 Å². The lowest BCUT2D eigenvalue weighted by Crippen LogP contribution is -1.88. The third kappa shape index (κ3) is 3.23. The van der Waals surface area contributed by atoms with Gasteiger partial charge in [0.05, 0.1) is 0 Å². The Kier molecular flexibility index (Phi) is 4.55. The molecule has 0 radical (unpaired) electrons. The first kappa shape index (κ1) is 9.15. The first-order chi connectivity index (χ1) is 4.74. The van der Waals surface area contributed by atoms with Crippen LogP contribution in [-0.4, -0.2) is 5.71 Å². The van der Waals surface area contributed by atoms with Gasteiger partial charge in [0.1, 0.15) is 0 Å². The number of rotatable bonds is 3. The second kappa shape index (κ2) is 4.98. The van der Waals surface area contributed by atoms with Crippen LogP contribution in [0.3, 0.4) is 0 Å². The van der Waals surface area contributed by atoms with Crippen molar-refractivity contribution in [3.8, 4) is 0 Å². The number of hydrogen-bond acceptors (Lipinski definition) is 1. The van der Waals surface area contributed by atoms with Crippen molar-refractivity contribution >= 4 is 5.71 Å². The van der Waals surface area contributed by atoms with Crippen molar-refractivity contribution in [1.29, 1.82) is 0 Å². The molecule has 0 fully saturated rings. The predicted molar refractivity (Wildman–Crippen MR) is 47.4 cm³/mol. The van der Waals surface area contributed by atoms with Crippen molar-refractivity contribution in [2.75, 3.05) is 0 Å². The molecule has 0 aliphatic rings. The Bertz CT molecular complexity index is 164. The topological polar surface area (TPSA) is 12.4 Å². The van der Waals surface area contributed by atoms with E-state index in [1.165, 1.54) is 0 Å². The Balaban J connectivity index is 4.24. The van der Waals surface area contributed by atoms with E-state index in [0.717, 1.165) is 17.8 Å². The van der Waals surface area contributed by atoms with Crippen LogP contribution >= 0.6 is 0 Å². The molecule has 0 aliphatic heterocycles. The Morgan fingerprint density at radius 1 is 1.60 bits per heavy atom. The van der Waals surface area contributed by atoms with Gasteiger partial charge in [0.15, 0.2) is 0 Å². The third-order valence-corrected chi connectivity index (χ3v) is 1.34. The van der Waals surface area contributed by atoms with E-state index in [2.05, 4.69) is 18.5 Å². The first-order valence-electron chi connectivity index (χ1n) is 3.57. The minimum Gasteiger partial charge on any atom is -0.259 e. The van der Waals surface area contributed by atoms with Gasteiger partial charge in [-0.15, -0.1) is 0 Å². The summed E-state index contributed by atoms with van der Waals surface area (Å²) < 4.78 is 0. The molecule has 0 atom stereocenters. The second-order valence-corrected chi connectivity index (χ2v) is 2.09. The first-order valence-corrected chi connectivity index (χ1v) is 3.57. The number of allylic oxidation sites excluding steroid dienone is 3. The van der Waals surface area contributed by atoms with E-state index in [4.69, 9.17) is 0 Å². The van der Waals surface area contributed by atoms with Gasteiger partial charge in [0.25, 0.3) is 0 Å². The number of hydrogen-bond donors (Lipinski definition) is 0. The van der Waals surface area contributed by atoms with Crippen LogP contribution in [0.2, 0.25) is 0 Å². The minimum absolute atomic E-state index is 0.953. The Morgan fingerprint density at radius 2 is 2.20 bits per heavy atom. The van der Waals surface area contributed by atoms with Crippen molar-refractivity contribution in [2.24, 2.45) is 4.99 Å². The van der Waals surface area contributed by atoms with Crippen LogP contribution in [-0.2, 0) is 0 Å². The zero-order valence-corrected chi connectivity index (χ0v) is 7.02. The Labute approximate surface area is 63.2 Å². The quantitative estimate of drug-likeness (QED) is 0.530. The maximum absolute atomic E-state index is 4.29. The van der Waals surface area contributed by atoms with E-state index in [1.54, 1.807) is 6.08 Å². The molecule has 0 saturated carbocycles. The summed E-state index contributed by atoms with van der Waals surface area (Å²) in [6, 6.07) is 0. The SMILES string of the molecule is C=CC(CC)=N/C(C)=C\C. The third-order valence-electron chi connectivity index (χ3n) is 1.34. The van der Waals surface area contributed by atoms with Crippen molar-refractivity contribution in [2.45, 2.75) is 27.2 Å². The van der Waals surface area contributed by atoms with Gasteiger partial charge in [-0.2, -0.15) is 0 Å². The maximum atomic E-state index is 4.29. The molecule has 0 rings (SSSR count). The molecule has 0 amide bonds. The Hall–Kier alpha value is -0.850. The van der Waals surface area contributed by atoms with Gasteiger partial charge in [-0.25, -0.2) is 0 Å². The lowest BCUT2D eigenvalue weighted by Gasteiger charge is -1.94. The lowest BCUT2D eigenvalue weighted by atomic mass is 10.3. The molecule has 0 bridgehead atoms. The summed E-state index contributed by atoms with van der Waals surface area (Å²) in [6.45, 7) is 9.70. The number of aliphatic imine (C=N–C) groups is 1. The molecule has 0 spiro atoms. The molecular formula is C9H15N. The van der Waals surface area contributed by atoms with E-state index in [9.17, 15) is 0 Å².